The van der Waals surface area contributed by atoms with Crippen LogP contribution in [0.3, 0.4) is 0 Å². The van der Waals surface area contributed by atoms with E-state index in [0.717, 1.165) is 25.7 Å². The van der Waals surface area contributed by atoms with Crippen molar-refractivity contribution in [2.45, 2.75) is 6.61 Å². The van der Waals surface area contributed by atoms with Crippen molar-refractivity contribution in [2.75, 3.05) is 5.32 Å². The molecule has 0 spiro atoms. The Labute approximate surface area is 142 Å². The molecule has 4 nitrogen and oxygen atoms in total. The molecule has 0 unspecified atom stereocenters. The standard InChI is InChI=1S/C15H9BrN2O2S2/c16-12-6-5-10(21-12)14(19)18-15-17-13-8-3-1-2-4-9(8)20-7-11(13)22-15/h1-6H,7H2,(H,17,18,19). The first-order valence-electron chi connectivity index (χ1n) is 6.49. The number of rotatable bonds is 2. The van der Waals surface area contributed by atoms with Crippen molar-refractivity contribution in [2.24, 2.45) is 0 Å². The minimum Gasteiger partial charge on any atom is -0.487 e. The number of amides is 1. The Morgan fingerprint density at radius 1 is 1.23 bits per heavy atom. The zero-order chi connectivity index (χ0) is 15.1. The average Bonchev–Trinajstić information content (AvgIpc) is 3.13. The van der Waals surface area contributed by atoms with Gasteiger partial charge in [-0.25, -0.2) is 4.98 Å². The number of nitrogens with one attached hydrogen (secondary N) is 1. The van der Waals surface area contributed by atoms with Crippen molar-refractivity contribution in [3.8, 4) is 17.0 Å². The Morgan fingerprint density at radius 3 is 2.91 bits per heavy atom. The van der Waals surface area contributed by atoms with E-state index in [-0.39, 0.29) is 5.91 Å². The summed E-state index contributed by atoms with van der Waals surface area (Å²) in [5.74, 6) is 0.691. The molecule has 7 heteroatoms. The number of fused-ring (bicyclic) bond motifs is 3. The molecular weight excluding hydrogens is 384 g/mol. The van der Waals surface area contributed by atoms with E-state index in [1.165, 1.54) is 22.7 Å². The second kappa shape index (κ2) is 5.49. The Hall–Kier alpha value is -1.70. The number of thiazole rings is 1. The summed E-state index contributed by atoms with van der Waals surface area (Å²) < 4.78 is 6.64. The van der Waals surface area contributed by atoms with Crippen LogP contribution in [0.4, 0.5) is 5.13 Å². The molecule has 0 saturated carbocycles. The number of carbonyl (C=O) groups excluding carboxylic acids is 1. The highest BCUT2D eigenvalue weighted by Crippen LogP contribution is 2.40. The monoisotopic (exact) mass is 392 g/mol. The zero-order valence-corrected chi connectivity index (χ0v) is 14.3. The predicted octanol–water partition coefficient (Wildman–Crippen LogP) is 4.78. The molecule has 1 aliphatic rings. The van der Waals surface area contributed by atoms with Gasteiger partial charge in [-0.05, 0) is 40.2 Å². The summed E-state index contributed by atoms with van der Waals surface area (Å²) in [6, 6.07) is 11.5. The first-order chi connectivity index (χ1) is 10.7. The third-order valence-corrected chi connectivity index (χ3v) is 5.78. The number of hydrogen-bond donors (Lipinski definition) is 1. The second-order valence-corrected chi connectivity index (χ2v) is 8.18. The fourth-order valence-corrected chi connectivity index (χ4v) is 4.41. The number of anilines is 1. The van der Waals surface area contributed by atoms with Gasteiger partial charge in [0, 0.05) is 5.56 Å². The van der Waals surface area contributed by atoms with Gasteiger partial charge in [0.2, 0.25) is 0 Å². The first kappa shape index (κ1) is 13.9. The molecule has 3 aromatic rings. The molecule has 4 rings (SSSR count). The van der Waals surface area contributed by atoms with Crippen LogP contribution in [0.15, 0.2) is 40.2 Å². The van der Waals surface area contributed by atoms with Gasteiger partial charge < -0.3 is 4.74 Å². The van der Waals surface area contributed by atoms with Crippen LogP contribution in [0.5, 0.6) is 5.75 Å². The van der Waals surface area contributed by atoms with Gasteiger partial charge >= 0.3 is 0 Å². The van der Waals surface area contributed by atoms with Crippen molar-refractivity contribution < 1.29 is 9.53 Å². The Kier molecular flexibility index (Phi) is 3.48. The van der Waals surface area contributed by atoms with Gasteiger partial charge in [-0.1, -0.05) is 23.5 Å². The fourth-order valence-electron chi connectivity index (χ4n) is 2.24. The van der Waals surface area contributed by atoms with Crippen molar-refractivity contribution in [3.05, 3.63) is 49.9 Å². The minimum absolute atomic E-state index is 0.143. The quantitative estimate of drug-likeness (QED) is 0.682. The molecule has 0 bridgehead atoms. The maximum absolute atomic E-state index is 12.2. The van der Waals surface area contributed by atoms with E-state index in [4.69, 9.17) is 4.74 Å². The smallest absolute Gasteiger partial charge is 0.267 e. The highest BCUT2D eigenvalue weighted by Gasteiger charge is 2.22. The molecule has 0 saturated heterocycles. The highest BCUT2D eigenvalue weighted by atomic mass is 79.9. The van der Waals surface area contributed by atoms with E-state index in [9.17, 15) is 4.79 Å². The molecule has 0 atom stereocenters. The summed E-state index contributed by atoms with van der Waals surface area (Å²) in [6.45, 7) is 0.491. The number of aromatic nitrogens is 1. The largest absolute Gasteiger partial charge is 0.487 e. The van der Waals surface area contributed by atoms with Crippen LogP contribution in [0.2, 0.25) is 0 Å². The normalized spacial score (nSPS) is 12.2. The molecule has 1 amide bonds. The SMILES string of the molecule is O=C(Nc1nc2c(s1)COc1ccccc1-2)c1ccc(Br)s1. The van der Waals surface area contributed by atoms with Gasteiger partial charge in [-0.3, -0.25) is 10.1 Å². The summed E-state index contributed by atoms with van der Waals surface area (Å²) in [5.41, 5.74) is 1.87. The van der Waals surface area contributed by atoms with Gasteiger partial charge in [0.05, 0.1) is 19.2 Å². The van der Waals surface area contributed by atoms with Gasteiger partial charge in [-0.15, -0.1) is 11.3 Å². The second-order valence-electron chi connectivity index (χ2n) is 4.63. The summed E-state index contributed by atoms with van der Waals surface area (Å²) in [6.07, 6.45) is 0. The molecular formula is C15H9BrN2O2S2. The number of carbonyl (C=O) groups is 1. The predicted molar refractivity (Wildman–Crippen MR) is 91.9 cm³/mol. The van der Waals surface area contributed by atoms with E-state index in [1.54, 1.807) is 6.07 Å². The van der Waals surface area contributed by atoms with Crippen molar-refractivity contribution >= 4 is 49.6 Å². The van der Waals surface area contributed by atoms with E-state index in [1.807, 2.05) is 30.3 Å². The molecule has 2 aromatic heterocycles. The molecule has 0 aliphatic carbocycles. The van der Waals surface area contributed by atoms with Crippen LogP contribution >= 0.6 is 38.6 Å². The molecule has 1 aliphatic heterocycles. The maximum atomic E-state index is 12.2. The Morgan fingerprint density at radius 2 is 2.09 bits per heavy atom. The van der Waals surface area contributed by atoms with Crippen molar-refractivity contribution in [3.63, 3.8) is 0 Å². The van der Waals surface area contributed by atoms with Crippen molar-refractivity contribution in [1.29, 1.82) is 0 Å². The number of benzene rings is 1. The average molecular weight is 393 g/mol. The number of nitrogens with zero attached hydrogens (tertiary/aromatic N) is 1. The summed E-state index contributed by atoms with van der Waals surface area (Å²) in [5, 5.41) is 3.46. The molecule has 0 radical (unpaired) electrons. The number of para-hydroxylation sites is 1. The van der Waals surface area contributed by atoms with E-state index in [0.29, 0.717) is 16.6 Å². The highest BCUT2D eigenvalue weighted by molar-refractivity contribution is 9.11. The van der Waals surface area contributed by atoms with Crippen LogP contribution in [-0.4, -0.2) is 10.9 Å². The molecule has 0 fully saturated rings. The van der Waals surface area contributed by atoms with E-state index >= 15 is 0 Å². The van der Waals surface area contributed by atoms with Gasteiger partial charge in [0.15, 0.2) is 5.13 Å². The Bertz CT molecular complexity index is 872. The third kappa shape index (κ3) is 2.45. The topological polar surface area (TPSA) is 51.2 Å². The summed E-state index contributed by atoms with van der Waals surface area (Å²) in [7, 11) is 0. The maximum Gasteiger partial charge on any atom is 0.267 e. The number of ether oxygens (including phenoxy) is 1. The van der Waals surface area contributed by atoms with E-state index < -0.39 is 0 Å². The lowest BCUT2D eigenvalue weighted by Gasteiger charge is -2.15. The lowest BCUT2D eigenvalue weighted by Crippen LogP contribution is -2.09. The van der Waals surface area contributed by atoms with Crippen LogP contribution in [0.25, 0.3) is 11.3 Å². The Balaban J connectivity index is 1.64. The van der Waals surface area contributed by atoms with Crippen LogP contribution in [-0.2, 0) is 6.61 Å². The zero-order valence-electron chi connectivity index (χ0n) is 11.1. The van der Waals surface area contributed by atoms with Gasteiger partial charge in [-0.2, -0.15) is 0 Å². The minimum atomic E-state index is -0.143. The molecule has 1 aromatic carbocycles. The molecule has 22 heavy (non-hydrogen) atoms. The summed E-state index contributed by atoms with van der Waals surface area (Å²) >= 11 is 6.21. The van der Waals surface area contributed by atoms with Crippen LogP contribution < -0.4 is 10.1 Å². The van der Waals surface area contributed by atoms with Gasteiger partial charge in [0.1, 0.15) is 12.4 Å². The number of thiophene rings is 1. The van der Waals surface area contributed by atoms with Crippen LogP contribution in [0, 0.1) is 0 Å². The fraction of sp³-hybridized carbons (Fsp3) is 0.0667. The van der Waals surface area contributed by atoms with Crippen LogP contribution in [0.1, 0.15) is 14.5 Å². The first-order valence-corrected chi connectivity index (χ1v) is 8.92. The number of halogens is 1. The van der Waals surface area contributed by atoms with Crippen molar-refractivity contribution in [1.82, 2.24) is 4.98 Å². The number of hydrogen-bond acceptors (Lipinski definition) is 5. The summed E-state index contributed by atoms with van der Waals surface area (Å²) in [4.78, 5) is 18.4. The lowest BCUT2D eigenvalue weighted by molar-refractivity contribution is 0.103. The molecule has 3 heterocycles. The van der Waals surface area contributed by atoms with Gasteiger partial charge in [0.25, 0.3) is 5.91 Å². The molecule has 1 N–H and O–H groups in total. The molecule has 110 valence electrons. The van der Waals surface area contributed by atoms with E-state index in [2.05, 4.69) is 26.2 Å². The third-order valence-electron chi connectivity index (χ3n) is 3.22. The lowest BCUT2D eigenvalue weighted by atomic mass is 10.1.